The molecule has 0 heterocycles. The first-order valence-corrected chi connectivity index (χ1v) is 13.8. The third kappa shape index (κ3) is 7.12. The average molecular weight is 588 g/mol. The highest BCUT2D eigenvalue weighted by atomic mass is 79.9. The molecule has 1 unspecified atom stereocenters. The molecule has 3 aromatic carbocycles. The molecule has 2 amide bonds. The number of carbonyl (C=O) groups is 2. The maximum Gasteiger partial charge on any atom is 0.243 e. The molecule has 1 atom stereocenters. The van der Waals surface area contributed by atoms with Gasteiger partial charge in [-0.15, -0.1) is 0 Å². The topological polar surface area (TPSA) is 49.4 Å². The van der Waals surface area contributed by atoms with Crippen LogP contribution in [0, 0.1) is 0 Å². The van der Waals surface area contributed by atoms with E-state index in [-0.39, 0.29) is 24.3 Å². The van der Waals surface area contributed by atoms with E-state index in [1.165, 1.54) is 0 Å². The fourth-order valence-electron chi connectivity index (χ4n) is 4.66. The maximum atomic E-state index is 13.9. The summed E-state index contributed by atoms with van der Waals surface area (Å²) in [5.41, 5.74) is 2.50. The van der Waals surface area contributed by atoms with Gasteiger partial charge in [-0.25, -0.2) is 0 Å². The van der Waals surface area contributed by atoms with Crippen LogP contribution in [0.15, 0.2) is 77.3 Å². The number of halogens is 3. The van der Waals surface area contributed by atoms with E-state index in [0.717, 1.165) is 41.3 Å². The molecular weight excluding hydrogens is 559 g/mol. The molecule has 1 fully saturated rings. The summed E-state index contributed by atoms with van der Waals surface area (Å²) in [6, 6.07) is 22.3. The van der Waals surface area contributed by atoms with Crippen molar-refractivity contribution in [2.75, 3.05) is 0 Å². The Hall–Kier alpha value is -2.34. The van der Waals surface area contributed by atoms with Gasteiger partial charge in [0.1, 0.15) is 6.04 Å². The molecule has 36 heavy (non-hydrogen) atoms. The minimum atomic E-state index is -0.676. The van der Waals surface area contributed by atoms with E-state index in [9.17, 15) is 9.59 Å². The summed E-state index contributed by atoms with van der Waals surface area (Å²) in [7, 11) is 0. The van der Waals surface area contributed by atoms with Crippen molar-refractivity contribution >= 4 is 50.9 Å². The van der Waals surface area contributed by atoms with Gasteiger partial charge >= 0.3 is 0 Å². The fourth-order valence-corrected chi connectivity index (χ4v) is 5.46. The minimum absolute atomic E-state index is 0.0109. The van der Waals surface area contributed by atoms with Crippen LogP contribution in [0.25, 0.3) is 0 Å². The van der Waals surface area contributed by atoms with Crippen LogP contribution in [-0.4, -0.2) is 28.8 Å². The summed E-state index contributed by atoms with van der Waals surface area (Å²) in [4.78, 5) is 29.3. The van der Waals surface area contributed by atoms with Crippen LogP contribution in [0.1, 0.15) is 42.4 Å². The number of carbonyl (C=O) groups excluding carboxylic acids is 2. The van der Waals surface area contributed by atoms with E-state index in [1.807, 2.05) is 54.6 Å². The Morgan fingerprint density at radius 3 is 2.17 bits per heavy atom. The van der Waals surface area contributed by atoms with Crippen LogP contribution >= 0.6 is 39.1 Å². The van der Waals surface area contributed by atoms with Crippen molar-refractivity contribution in [3.8, 4) is 0 Å². The van der Waals surface area contributed by atoms with Crippen LogP contribution < -0.4 is 5.32 Å². The van der Waals surface area contributed by atoms with Crippen LogP contribution in [0.2, 0.25) is 10.0 Å². The van der Waals surface area contributed by atoms with Crippen LogP contribution in [0.4, 0.5) is 0 Å². The first kappa shape index (κ1) is 26.7. The Morgan fingerprint density at radius 2 is 1.53 bits per heavy atom. The molecule has 1 N–H and O–H groups in total. The third-order valence-corrected chi connectivity index (χ3v) is 7.87. The van der Waals surface area contributed by atoms with Gasteiger partial charge in [0, 0.05) is 33.5 Å². The van der Waals surface area contributed by atoms with Gasteiger partial charge in [0.2, 0.25) is 11.8 Å². The second-order valence-corrected chi connectivity index (χ2v) is 11.0. The standard InChI is InChI=1S/C29H29BrCl2N2O2/c30-22-15-13-21(14-16-22)19-34(28(35)18-24-25(31)11-6-12-26(24)32)27(17-20-7-2-1-3-8-20)29(36)33-23-9-4-5-10-23/h1-3,6-8,11-16,23,27H,4-5,9-10,17-19H2,(H,33,36). The minimum Gasteiger partial charge on any atom is -0.352 e. The Bertz CT molecular complexity index is 1160. The molecule has 1 aliphatic rings. The highest BCUT2D eigenvalue weighted by Crippen LogP contribution is 2.27. The summed E-state index contributed by atoms with van der Waals surface area (Å²) in [5.74, 6) is -0.322. The number of rotatable bonds is 9. The van der Waals surface area contributed by atoms with E-state index >= 15 is 0 Å². The lowest BCUT2D eigenvalue weighted by molar-refractivity contribution is -0.141. The van der Waals surface area contributed by atoms with E-state index in [2.05, 4.69) is 21.2 Å². The molecule has 1 saturated carbocycles. The first-order valence-electron chi connectivity index (χ1n) is 12.2. The smallest absolute Gasteiger partial charge is 0.243 e. The van der Waals surface area contributed by atoms with Crippen LogP contribution in [0.5, 0.6) is 0 Å². The second-order valence-electron chi connectivity index (χ2n) is 9.22. The summed E-state index contributed by atoms with van der Waals surface area (Å²) in [6.07, 6.45) is 4.59. The summed E-state index contributed by atoms with van der Waals surface area (Å²) in [6.45, 7) is 0.295. The predicted molar refractivity (Wildman–Crippen MR) is 149 cm³/mol. The quantitative estimate of drug-likeness (QED) is 0.293. The average Bonchev–Trinajstić information content (AvgIpc) is 3.38. The second kappa shape index (κ2) is 12.8. The van der Waals surface area contributed by atoms with Gasteiger partial charge in [-0.1, -0.05) is 101 Å². The van der Waals surface area contributed by atoms with Gasteiger partial charge in [0.15, 0.2) is 0 Å². The lowest BCUT2D eigenvalue weighted by Crippen LogP contribution is -2.52. The number of benzene rings is 3. The molecule has 3 aromatic rings. The molecule has 1 aliphatic carbocycles. The van der Waals surface area contributed by atoms with Gasteiger partial charge in [-0.3, -0.25) is 9.59 Å². The lowest BCUT2D eigenvalue weighted by Gasteiger charge is -2.32. The Balaban J connectivity index is 1.68. The van der Waals surface area contributed by atoms with Gasteiger partial charge in [-0.05, 0) is 53.8 Å². The highest BCUT2D eigenvalue weighted by Gasteiger charge is 2.32. The van der Waals surface area contributed by atoms with Gasteiger partial charge < -0.3 is 10.2 Å². The fraction of sp³-hybridized carbons (Fsp3) is 0.310. The van der Waals surface area contributed by atoms with E-state index in [4.69, 9.17) is 23.2 Å². The maximum absolute atomic E-state index is 13.9. The van der Waals surface area contributed by atoms with Crippen molar-refractivity contribution in [3.63, 3.8) is 0 Å². The lowest BCUT2D eigenvalue weighted by atomic mass is 10.0. The molecule has 188 valence electrons. The molecule has 0 aliphatic heterocycles. The molecular formula is C29H29BrCl2N2O2. The molecule has 4 rings (SSSR count). The van der Waals surface area contributed by atoms with E-state index < -0.39 is 6.04 Å². The molecule has 4 nitrogen and oxygen atoms in total. The molecule has 0 radical (unpaired) electrons. The molecule has 7 heteroatoms. The van der Waals surface area contributed by atoms with Crippen molar-refractivity contribution in [2.24, 2.45) is 0 Å². The van der Waals surface area contributed by atoms with Crippen molar-refractivity contribution in [1.29, 1.82) is 0 Å². The van der Waals surface area contributed by atoms with Crippen LogP contribution in [-0.2, 0) is 29.0 Å². The van der Waals surface area contributed by atoms with Crippen LogP contribution in [0.3, 0.4) is 0 Å². The Kier molecular flexibility index (Phi) is 9.47. The first-order chi connectivity index (χ1) is 17.4. The summed E-state index contributed by atoms with van der Waals surface area (Å²) >= 11 is 16.3. The molecule has 0 aromatic heterocycles. The molecule has 0 bridgehead atoms. The van der Waals surface area contributed by atoms with E-state index in [0.29, 0.717) is 28.6 Å². The van der Waals surface area contributed by atoms with Crippen molar-refractivity contribution in [3.05, 3.63) is 104 Å². The van der Waals surface area contributed by atoms with E-state index in [1.54, 1.807) is 23.1 Å². The predicted octanol–water partition coefficient (Wildman–Crippen LogP) is 7.00. The third-order valence-electron chi connectivity index (χ3n) is 6.63. The SMILES string of the molecule is O=C(NC1CCCC1)C(Cc1ccccc1)N(Cc1ccc(Br)cc1)C(=O)Cc1c(Cl)cccc1Cl. The highest BCUT2D eigenvalue weighted by molar-refractivity contribution is 9.10. The zero-order valence-electron chi connectivity index (χ0n) is 19.9. The van der Waals surface area contributed by atoms with Crippen molar-refractivity contribution in [2.45, 2.75) is 57.2 Å². The largest absolute Gasteiger partial charge is 0.352 e. The monoisotopic (exact) mass is 586 g/mol. The number of amides is 2. The van der Waals surface area contributed by atoms with Crippen molar-refractivity contribution in [1.82, 2.24) is 10.2 Å². The number of nitrogens with zero attached hydrogens (tertiary/aromatic N) is 1. The Labute approximate surface area is 231 Å². The molecule has 0 spiro atoms. The number of nitrogens with one attached hydrogen (secondary N) is 1. The van der Waals surface area contributed by atoms with Gasteiger partial charge in [0.25, 0.3) is 0 Å². The molecule has 0 saturated heterocycles. The Morgan fingerprint density at radius 1 is 0.889 bits per heavy atom. The number of hydrogen-bond donors (Lipinski definition) is 1. The van der Waals surface area contributed by atoms with Gasteiger partial charge in [0.05, 0.1) is 6.42 Å². The zero-order valence-corrected chi connectivity index (χ0v) is 23.0. The normalized spacial score (nSPS) is 14.4. The zero-order chi connectivity index (χ0) is 25.5. The van der Waals surface area contributed by atoms with Gasteiger partial charge in [-0.2, -0.15) is 0 Å². The summed E-state index contributed by atoms with van der Waals surface area (Å²) < 4.78 is 0.951. The number of hydrogen-bond acceptors (Lipinski definition) is 2. The summed E-state index contributed by atoms with van der Waals surface area (Å²) in [5, 5.41) is 4.10. The van der Waals surface area contributed by atoms with Crippen molar-refractivity contribution < 1.29 is 9.59 Å².